The topological polar surface area (TPSA) is 69.0 Å². The summed E-state index contributed by atoms with van der Waals surface area (Å²) in [5.41, 5.74) is 1.58. The fourth-order valence-corrected chi connectivity index (χ4v) is 3.71. The Morgan fingerprint density at radius 3 is 2.87 bits per heavy atom. The standard InChI is InChI=1S/C21H20Cl2N4O2S/c1-3-9-27-19(12-29-16-6-4-5-14(2)10-16)25-26-21(27)30-13-20(28)24-18-11-15(22)7-8-17(18)23/h3-8,10-11H,1,9,12-13H2,2H3,(H,24,28). The second-order valence-electron chi connectivity index (χ2n) is 6.36. The lowest BCUT2D eigenvalue weighted by molar-refractivity contribution is -0.113. The molecule has 1 heterocycles. The van der Waals surface area contributed by atoms with Crippen LogP contribution in [0.15, 0.2) is 60.3 Å². The highest BCUT2D eigenvalue weighted by molar-refractivity contribution is 7.99. The predicted molar refractivity (Wildman–Crippen MR) is 122 cm³/mol. The number of aromatic nitrogens is 3. The van der Waals surface area contributed by atoms with Gasteiger partial charge in [-0.2, -0.15) is 0 Å². The lowest BCUT2D eigenvalue weighted by Crippen LogP contribution is -2.15. The lowest BCUT2D eigenvalue weighted by Gasteiger charge is -2.10. The molecule has 0 atom stereocenters. The van der Waals surface area contributed by atoms with E-state index in [-0.39, 0.29) is 18.3 Å². The van der Waals surface area contributed by atoms with Crippen molar-refractivity contribution in [2.75, 3.05) is 11.1 Å². The molecule has 3 aromatic rings. The average molecular weight is 463 g/mol. The number of thioether (sulfide) groups is 1. The molecule has 9 heteroatoms. The number of benzene rings is 2. The molecule has 0 aliphatic heterocycles. The Balaban J connectivity index is 1.63. The fourth-order valence-electron chi connectivity index (χ4n) is 2.61. The summed E-state index contributed by atoms with van der Waals surface area (Å²) < 4.78 is 7.70. The third-order valence-electron chi connectivity index (χ3n) is 4.00. The molecule has 1 N–H and O–H groups in total. The van der Waals surface area contributed by atoms with Crippen LogP contribution >= 0.6 is 35.0 Å². The van der Waals surface area contributed by atoms with E-state index < -0.39 is 0 Å². The smallest absolute Gasteiger partial charge is 0.234 e. The van der Waals surface area contributed by atoms with Gasteiger partial charge in [0.25, 0.3) is 0 Å². The van der Waals surface area contributed by atoms with Crippen molar-refractivity contribution in [1.82, 2.24) is 14.8 Å². The Kier molecular flexibility index (Phi) is 7.79. The van der Waals surface area contributed by atoms with Crippen molar-refractivity contribution < 1.29 is 9.53 Å². The van der Waals surface area contributed by atoms with E-state index >= 15 is 0 Å². The van der Waals surface area contributed by atoms with Gasteiger partial charge in [-0.1, -0.05) is 53.2 Å². The van der Waals surface area contributed by atoms with Crippen LogP contribution in [0.4, 0.5) is 5.69 Å². The predicted octanol–water partition coefficient (Wildman–Crippen LogP) is 5.39. The molecule has 0 aliphatic rings. The number of amides is 1. The quantitative estimate of drug-likeness (QED) is 0.341. The third kappa shape index (κ3) is 6.01. The van der Waals surface area contributed by atoms with Crippen LogP contribution in [0.5, 0.6) is 5.75 Å². The molecule has 156 valence electrons. The number of carbonyl (C=O) groups is 1. The van der Waals surface area contributed by atoms with Crippen LogP contribution in [0.25, 0.3) is 0 Å². The minimum absolute atomic E-state index is 0.136. The highest BCUT2D eigenvalue weighted by atomic mass is 35.5. The summed E-state index contributed by atoms with van der Waals surface area (Å²) in [5, 5.41) is 12.7. The Hall–Kier alpha value is -2.48. The number of hydrogen-bond donors (Lipinski definition) is 1. The van der Waals surface area contributed by atoms with E-state index in [0.29, 0.717) is 33.3 Å². The Labute approximate surface area is 189 Å². The van der Waals surface area contributed by atoms with E-state index in [1.807, 2.05) is 35.8 Å². The van der Waals surface area contributed by atoms with E-state index in [2.05, 4.69) is 22.1 Å². The Morgan fingerprint density at radius 1 is 1.27 bits per heavy atom. The second-order valence-corrected chi connectivity index (χ2v) is 8.15. The molecule has 30 heavy (non-hydrogen) atoms. The first kappa shape index (κ1) is 22.2. The van der Waals surface area contributed by atoms with Crippen molar-refractivity contribution in [3.05, 3.63) is 76.6 Å². The summed E-state index contributed by atoms with van der Waals surface area (Å²) >= 11 is 13.3. The number of ether oxygens (including phenoxy) is 1. The van der Waals surface area contributed by atoms with Gasteiger partial charge in [-0.15, -0.1) is 16.8 Å². The molecule has 0 unspecified atom stereocenters. The monoisotopic (exact) mass is 462 g/mol. The zero-order valence-corrected chi connectivity index (χ0v) is 18.6. The summed E-state index contributed by atoms with van der Waals surface area (Å²) in [6.07, 6.45) is 1.75. The minimum Gasteiger partial charge on any atom is -0.486 e. The number of allylic oxidation sites excluding steroid dienone is 1. The number of carbonyl (C=O) groups excluding carboxylic acids is 1. The largest absolute Gasteiger partial charge is 0.486 e. The van der Waals surface area contributed by atoms with Crippen molar-refractivity contribution in [3.63, 3.8) is 0 Å². The van der Waals surface area contributed by atoms with Gasteiger partial charge in [-0.3, -0.25) is 9.36 Å². The van der Waals surface area contributed by atoms with Crippen LogP contribution in [0.3, 0.4) is 0 Å². The first-order valence-electron chi connectivity index (χ1n) is 9.06. The highest BCUT2D eigenvalue weighted by Gasteiger charge is 2.15. The van der Waals surface area contributed by atoms with Gasteiger partial charge in [0, 0.05) is 11.6 Å². The molecular weight excluding hydrogens is 443 g/mol. The SMILES string of the molecule is C=CCn1c(COc2cccc(C)c2)nnc1SCC(=O)Nc1cc(Cl)ccc1Cl. The third-order valence-corrected chi connectivity index (χ3v) is 5.53. The van der Waals surface area contributed by atoms with Crippen LogP contribution in [0.2, 0.25) is 10.0 Å². The van der Waals surface area contributed by atoms with Gasteiger partial charge in [0.15, 0.2) is 11.0 Å². The van der Waals surface area contributed by atoms with E-state index in [1.54, 1.807) is 24.3 Å². The normalized spacial score (nSPS) is 10.6. The number of nitrogens with zero attached hydrogens (tertiary/aromatic N) is 3. The number of anilines is 1. The summed E-state index contributed by atoms with van der Waals surface area (Å²) in [7, 11) is 0. The van der Waals surface area contributed by atoms with Gasteiger partial charge in [-0.25, -0.2) is 0 Å². The van der Waals surface area contributed by atoms with E-state index in [9.17, 15) is 4.79 Å². The summed E-state index contributed by atoms with van der Waals surface area (Å²) in [6.45, 7) is 6.55. The van der Waals surface area contributed by atoms with Gasteiger partial charge in [-0.05, 0) is 42.8 Å². The summed E-state index contributed by atoms with van der Waals surface area (Å²) in [6, 6.07) is 12.7. The van der Waals surface area contributed by atoms with Gasteiger partial charge in [0.05, 0.1) is 16.5 Å². The summed E-state index contributed by atoms with van der Waals surface area (Å²) in [4.78, 5) is 12.3. The van der Waals surface area contributed by atoms with Crippen LogP contribution in [-0.4, -0.2) is 26.4 Å². The molecule has 2 aromatic carbocycles. The average Bonchev–Trinajstić information content (AvgIpc) is 3.10. The summed E-state index contributed by atoms with van der Waals surface area (Å²) in [5.74, 6) is 1.32. The van der Waals surface area contributed by atoms with Crippen LogP contribution in [0, 0.1) is 6.92 Å². The van der Waals surface area contributed by atoms with Crippen molar-refractivity contribution in [2.45, 2.75) is 25.2 Å². The molecule has 0 spiro atoms. The first-order valence-corrected chi connectivity index (χ1v) is 10.8. The lowest BCUT2D eigenvalue weighted by atomic mass is 10.2. The van der Waals surface area contributed by atoms with Gasteiger partial charge < -0.3 is 10.1 Å². The second kappa shape index (κ2) is 10.5. The molecule has 0 radical (unpaired) electrons. The van der Waals surface area contributed by atoms with Crippen molar-refractivity contribution in [3.8, 4) is 5.75 Å². The maximum atomic E-state index is 12.3. The molecule has 0 bridgehead atoms. The van der Waals surface area contributed by atoms with Crippen molar-refractivity contribution in [2.24, 2.45) is 0 Å². The number of halogens is 2. The molecule has 3 rings (SSSR count). The molecule has 6 nitrogen and oxygen atoms in total. The molecule has 1 aromatic heterocycles. The number of aryl methyl sites for hydroxylation is 1. The molecule has 0 aliphatic carbocycles. The number of hydrogen-bond acceptors (Lipinski definition) is 5. The fraction of sp³-hybridized carbons (Fsp3) is 0.190. The van der Waals surface area contributed by atoms with E-state index in [0.717, 1.165) is 11.3 Å². The zero-order chi connectivity index (χ0) is 21.5. The molecular formula is C21H20Cl2N4O2S. The van der Waals surface area contributed by atoms with Crippen LogP contribution < -0.4 is 10.1 Å². The van der Waals surface area contributed by atoms with Crippen molar-refractivity contribution >= 4 is 46.6 Å². The first-order chi connectivity index (χ1) is 14.5. The van der Waals surface area contributed by atoms with E-state index in [4.69, 9.17) is 27.9 Å². The maximum Gasteiger partial charge on any atom is 0.234 e. The number of nitrogens with one attached hydrogen (secondary N) is 1. The van der Waals surface area contributed by atoms with Gasteiger partial charge in [0.1, 0.15) is 12.4 Å². The molecule has 0 fully saturated rings. The Bertz CT molecular complexity index is 1060. The van der Waals surface area contributed by atoms with Crippen LogP contribution in [0.1, 0.15) is 11.4 Å². The zero-order valence-electron chi connectivity index (χ0n) is 16.3. The highest BCUT2D eigenvalue weighted by Crippen LogP contribution is 2.26. The Morgan fingerprint density at radius 2 is 2.10 bits per heavy atom. The van der Waals surface area contributed by atoms with Gasteiger partial charge in [0.2, 0.25) is 5.91 Å². The maximum absolute atomic E-state index is 12.3. The van der Waals surface area contributed by atoms with Crippen molar-refractivity contribution in [1.29, 1.82) is 0 Å². The molecule has 0 saturated heterocycles. The minimum atomic E-state index is -0.227. The van der Waals surface area contributed by atoms with E-state index in [1.165, 1.54) is 11.8 Å². The molecule has 1 amide bonds. The van der Waals surface area contributed by atoms with Crippen LogP contribution in [-0.2, 0) is 17.9 Å². The van der Waals surface area contributed by atoms with Gasteiger partial charge >= 0.3 is 0 Å². The number of rotatable bonds is 9. The molecule has 0 saturated carbocycles.